The molecule has 0 saturated heterocycles. The minimum absolute atomic E-state index is 0.00222. The Bertz CT molecular complexity index is 628. The van der Waals surface area contributed by atoms with Gasteiger partial charge in [0.1, 0.15) is 5.75 Å². The van der Waals surface area contributed by atoms with Crippen LogP contribution in [0.3, 0.4) is 0 Å². The van der Waals surface area contributed by atoms with E-state index in [0.717, 1.165) is 38.5 Å². The lowest BCUT2D eigenvalue weighted by molar-refractivity contribution is -0.109. The minimum atomic E-state index is -0.597. The molecule has 3 aliphatic carbocycles. The van der Waals surface area contributed by atoms with Crippen LogP contribution in [0.4, 0.5) is 0 Å². The Morgan fingerprint density at radius 1 is 1.17 bits per heavy atom. The third kappa shape index (κ3) is 2.24. The lowest BCUT2D eigenvalue weighted by Crippen LogP contribution is -2.50. The van der Waals surface area contributed by atoms with Gasteiger partial charge in [0.15, 0.2) is 0 Å². The number of aromatic hydroxyl groups is 1. The first kappa shape index (κ1) is 16.4. The zero-order valence-corrected chi connectivity index (χ0v) is 14.7. The van der Waals surface area contributed by atoms with Crippen LogP contribution in [0.1, 0.15) is 68.9 Å². The predicted octanol–water partition coefficient (Wildman–Crippen LogP) is 3.75. The Morgan fingerprint density at radius 2 is 2.00 bits per heavy atom. The van der Waals surface area contributed by atoms with E-state index in [0.29, 0.717) is 29.9 Å². The molecule has 0 bridgehead atoms. The molecule has 3 heteroatoms. The summed E-state index contributed by atoms with van der Waals surface area (Å²) in [5.41, 5.74) is 2.17. The second kappa shape index (κ2) is 5.74. The highest BCUT2D eigenvalue weighted by atomic mass is 16.3. The third-order valence-electron chi connectivity index (χ3n) is 7.78. The highest BCUT2D eigenvalue weighted by Gasteiger charge is 2.60. The zero-order chi connectivity index (χ0) is 16.9. The van der Waals surface area contributed by atoms with Gasteiger partial charge in [-0.15, -0.1) is 0 Å². The van der Waals surface area contributed by atoms with E-state index in [9.17, 15) is 15.3 Å². The highest BCUT2D eigenvalue weighted by molar-refractivity contribution is 5.40. The van der Waals surface area contributed by atoms with E-state index >= 15 is 0 Å². The van der Waals surface area contributed by atoms with Gasteiger partial charge in [-0.1, -0.05) is 13.0 Å². The van der Waals surface area contributed by atoms with Crippen LogP contribution < -0.4 is 0 Å². The molecule has 0 aliphatic heterocycles. The second-order valence-electron chi connectivity index (χ2n) is 8.65. The van der Waals surface area contributed by atoms with E-state index in [2.05, 4.69) is 13.0 Å². The Balaban J connectivity index is 1.63. The van der Waals surface area contributed by atoms with E-state index in [-0.39, 0.29) is 12.0 Å². The summed E-state index contributed by atoms with van der Waals surface area (Å²) in [6, 6.07) is 5.92. The summed E-state index contributed by atoms with van der Waals surface area (Å²) in [5, 5.41) is 30.3. The monoisotopic (exact) mass is 330 g/mol. The number of hydrogen-bond acceptors (Lipinski definition) is 3. The topological polar surface area (TPSA) is 60.7 Å². The largest absolute Gasteiger partial charge is 0.508 e. The SMILES string of the molecule is C[C@]12CC[C@@H]3c4ccc(O)cc4CC[C@H]3[C@@H]1CC[C@@]2(O)CCCO. The van der Waals surface area contributed by atoms with Crippen LogP contribution in [0.25, 0.3) is 0 Å². The summed E-state index contributed by atoms with van der Waals surface area (Å²) in [7, 11) is 0. The fraction of sp³-hybridized carbons (Fsp3) is 0.714. The average molecular weight is 330 g/mol. The summed E-state index contributed by atoms with van der Waals surface area (Å²) in [4.78, 5) is 0. The first-order valence-corrected chi connectivity index (χ1v) is 9.63. The first-order valence-electron chi connectivity index (χ1n) is 9.63. The van der Waals surface area contributed by atoms with Gasteiger partial charge < -0.3 is 15.3 Å². The summed E-state index contributed by atoms with van der Waals surface area (Å²) < 4.78 is 0. The van der Waals surface area contributed by atoms with Gasteiger partial charge >= 0.3 is 0 Å². The number of benzene rings is 1. The van der Waals surface area contributed by atoms with Gasteiger partial charge in [0.25, 0.3) is 0 Å². The maximum Gasteiger partial charge on any atom is 0.115 e. The fourth-order valence-electron chi connectivity index (χ4n) is 6.46. The van der Waals surface area contributed by atoms with Crippen molar-refractivity contribution in [3.63, 3.8) is 0 Å². The Hall–Kier alpha value is -1.06. The maximum atomic E-state index is 11.4. The molecule has 1 aromatic carbocycles. The van der Waals surface area contributed by atoms with Crippen molar-refractivity contribution >= 4 is 0 Å². The first-order chi connectivity index (χ1) is 11.5. The van der Waals surface area contributed by atoms with Crippen LogP contribution in [-0.2, 0) is 6.42 Å². The van der Waals surface area contributed by atoms with Gasteiger partial charge in [-0.3, -0.25) is 0 Å². The van der Waals surface area contributed by atoms with E-state index in [1.54, 1.807) is 0 Å². The maximum absolute atomic E-state index is 11.4. The third-order valence-corrected chi connectivity index (χ3v) is 7.78. The smallest absolute Gasteiger partial charge is 0.115 e. The molecule has 1 aromatic rings. The number of phenols is 1. The van der Waals surface area contributed by atoms with Crippen molar-refractivity contribution < 1.29 is 15.3 Å². The van der Waals surface area contributed by atoms with Gasteiger partial charge in [-0.2, -0.15) is 0 Å². The molecule has 0 radical (unpaired) electrons. The average Bonchev–Trinajstić information content (AvgIpc) is 2.84. The van der Waals surface area contributed by atoms with Gasteiger partial charge in [0, 0.05) is 6.61 Å². The van der Waals surface area contributed by atoms with Gasteiger partial charge in [0.05, 0.1) is 5.60 Å². The van der Waals surface area contributed by atoms with E-state index < -0.39 is 5.60 Å². The van der Waals surface area contributed by atoms with Crippen molar-refractivity contribution in [2.45, 2.75) is 69.8 Å². The van der Waals surface area contributed by atoms with Crippen LogP contribution in [0.5, 0.6) is 5.75 Å². The van der Waals surface area contributed by atoms with Crippen molar-refractivity contribution in [1.82, 2.24) is 0 Å². The molecule has 0 amide bonds. The van der Waals surface area contributed by atoms with Crippen LogP contribution >= 0.6 is 0 Å². The Kier molecular flexibility index (Phi) is 3.92. The lowest BCUT2D eigenvalue weighted by Gasteiger charge is -2.53. The van der Waals surface area contributed by atoms with Crippen LogP contribution in [0.15, 0.2) is 18.2 Å². The Morgan fingerprint density at radius 3 is 2.79 bits per heavy atom. The van der Waals surface area contributed by atoms with Crippen molar-refractivity contribution in [3.05, 3.63) is 29.3 Å². The minimum Gasteiger partial charge on any atom is -0.508 e. The molecule has 2 saturated carbocycles. The summed E-state index contributed by atoms with van der Waals surface area (Å²) in [5.74, 6) is 2.21. The van der Waals surface area contributed by atoms with Crippen LogP contribution in [-0.4, -0.2) is 27.5 Å². The highest BCUT2D eigenvalue weighted by Crippen LogP contribution is 2.65. The molecule has 3 N–H and O–H groups in total. The normalized spacial score (nSPS) is 40.7. The van der Waals surface area contributed by atoms with Gasteiger partial charge in [0.2, 0.25) is 0 Å². The number of aliphatic hydroxyl groups excluding tert-OH is 1. The Labute approximate surface area is 144 Å². The zero-order valence-electron chi connectivity index (χ0n) is 14.7. The van der Waals surface area contributed by atoms with Gasteiger partial charge in [-0.05, 0) is 97.8 Å². The molecule has 0 spiro atoms. The van der Waals surface area contributed by atoms with Crippen LogP contribution in [0, 0.1) is 17.3 Å². The molecular formula is C21H30O3. The summed E-state index contributed by atoms with van der Waals surface area (Å²) >= 11 is 0. The standard InChI is InChI=1S/C21H30O3/c1-20-10-7-17-16-6-4-15(23)13-14(16)3-5-18(17)19(20)8-11-21(20,24)9-2-12-22/h4,6,13,17-19,22-24H,2-3,5,7-12H2,1H3/t17-,18-,19+,20+,21+/m1/s1. The summed E-state index contributed by atoms with van der Waals surface area (Å²) in [6.07, 6.45) is 7.88. The molecule has 3 aliphatic rings. The van der Waals surface area contributed by atoms with E-state index in [4.69, 9.17) is 0 Å². The quantitative estimate of drug-likeness (QED) is 0.791. The van der Waals surface area contributed by atoms with E-state index in [1.165, 1.54) is 17.5 Å². The number of hydrogen-bond donors (Lipinski definition) is 3. The summed E-state index contributed by atoms with van der Waals surface area (Å²) in [6.45, 7) is 2.48. The number of rotatable bonds is 3. The second-order valence-corrected chi connectivity index (χ2v) is 8.65. The molecule has 5 atom stereocenters. The number of fused-ring (bicyclic) bond motifs is 5. The number of phenolic OH excluding ortho intramolecular Hbond substituents is 1. The number of aryl methyl sites for hydroxylation is 1. The fourth-order valence-corrected chi connectivity index (χ4v) is 6.46. The molecule has 0 heterocycles. The van der Waals surface area contributed by atoms with Crippen molar-refractivity contribution in [3.8, 4) is 5.75 Å². The molecular weight excluding hydrogens is 300 g/mol. The number of aliphatic hydroxyl groups is 2. The molecule has 0 unspecified atom stereocenters. The van der Waals surface area contributed by atoms with Crippen molar-refractivity contribution in [2.24, 2.45) is 17.3 Å². The van der Waals surface area contributed by atoms with Crippen LogP contribution in [0.2, 0.25) is 0 Å². The molecule has 0 aromatic heterocycles. The molecule has 4 rings (SSSR count). The van der Waals surface area contributed by atoms with Crippen molar-refractivity contribution in [2.75, 3.05) is 6.61 Å². The molecule has 2 fully saturated rings. The molecule has 3 nitrogen and oxygen atoms in total. The van der Waals surface area contributed by atoms with Gasteiger partial charge in [-0.25, -0.2) is 0 Å². The molecule has 132 valence electrons. The lowest BCUT2D eigenvalue weighted by atomic mass is 9.53. The van der Waals surface area contributed by atoms with Crippen molar-refractivity contribution in [1.29, 1.82) is 0 Å². The predicted molar refractivity (Wildman–Crippen MR) is 94.0 cm³/mol. The van der Waals surface area contributed by atoms with E-state index in [1.807, 2.05) is 12.1 Å². The molecule has 24 heavy (non-hydrogen) atoms.